The van der Waals surface area contributed by atoms with Crippen molar-refractivity contribution in [3.63, 3.8) is 0 Å². The molecule has 1 aromatic carbocycles. The van der Waals surface area contributed by atoms with Crippen molar-refractivity contribution in [3.05, 3.63) is 52.1 Å². The number of benzene rings is 1. The number of amides is 2. The lowest BCUT2D eigenvalue weighted by Gasteiger charge is -2.12. The molecule has 0 radical (unpaired) electrons. The number of hydrogen-bond acceptors (Lipinski definition) is 3. The van der Waals surface area contributed by atoms with Crippen LogP contribution in [0.1, 0.15) is 36.0 Å². The van der Waals surface area contributed by atoms with E-state index in [0.717, 1.165) is 25.7 Å². The van der Waals surface area contributed by atoms with Crippen LogP contribution in [0.25, 0.3) is 0 Å². The number of nitrogens with zero attached hydrogens (tertiary/aromatic N) is 1. The molecule has 130 valence electrons. The van der Waals surface area contributed by atoms with E-state index in [1.165, 1.54) is 6.20 Å². The summed E-state index contributed by atoms with van der Waals surface area (Å²) in [7, 11) is 0. The summed E-state index contributed by atoms with van der Waals surface area (Å²) in [5, 5.41) is 6.07. The van der Waals surface area contributed by atoms with E-state index in [2.05, 4.69) is 15.6 Å². The number of nitrogens with one attached hydrogen (secondary N) is 2. The molecule has 1 fully saturated rings. The molecule has 1 saturated carbocycles. The van der Waals surface area contributed by atoms with E-state index in [4.69, 9.17) is 23.2 Å². The minimum atomic E-state index is -0.421. The molecule has 0 aliphatic heterocycles. The summed E-state index contributed by atoms with van der Waals surface area (Å²) < 4.78 is 0. The quantitative estimate of drug-likeness (QED) is 0.805. The molecule has 1 heterocycles. The maximum Gasteiger partial charge on any atom is 0.258 e. The van der Waals surface area contributed by atoms with Crippen molar-refractivity contribution in [3.8, 4) is 0 Å². The molecule has 5 nitrogen and oxygen atoms in total. The molecule has 2 aromatic rings. The third kappa shape index (κ3) is 4.30. The van der Waals surface area contributed by atoms with Gasteiger partial charge in [0.05, 0.1) is 15.6 Å². The van der Waals surface area contributed by atoms with Crippen molar-refractivity contribution < 1.29 is 9.59 Å². The van der Waals surface area contributed by atoms with Gasteiger partial charge in [0, 0.05) is 23.9 Å². The van der Waals surface area contributed by atoms with Crippen LogP contribution in [0.2, 0.25) is 10.0 Å². The van der Waals surface area contributed by atoms with E-state index in [-0.39, 0.29) is 27.4 Å². The van der Waals surface area contributed by atoms with E-state index in [1.54, 1.807) is 30.3 Å². The van der Waals surface area contributed by atoms with Gasteiger partial charge in [-0.3, -0.25) is 9.59 Å². The van der Waals surface area contributed by atoms with Crippen LogP contribution in [0, 0.1) is 5.92 Å². The Balaban J connectivity index is 1.71. The SMILES string of the molecule is O=C(Nc1ccnc(NC(=O)C2CCCC2)c1)c1c(Cl)cccc1Cl. The van der Waals surface area contributed by atoms with Gasteiger partial charge in [-0.1, -0.05) is 42.1 Å². The number of anilines is 2. The third-order valence-electron chi connectivity index (χ3n) is 4.18. The fourth-order valence-electron chi connectivity index (χ4n) is 2.90. The molecule has 0 unspecified atom stereocenters. The van der Waals surface area contributed by atoms with E-state index < -0.39 is 5.91 Å². The molecule has 0 spiro atoms. The van der Waals surface area contributed by atoms with Crippen LogP contribution in [0.3, 0.4) is 0 Å². The van der Waals surface area contributed by atoms with Crippen LogP contribution in [-0.2, 0) is 4.79 Å². The molecule has 0 saturated heterocycles. The van der Waals surface area contributed by atoms with Gasteiger partial charge in [0.2, 0.25) is 5.91 Å². The van der Waals surface area contributed by atoms with E-state index >= 15 is 0 Å². The van der Waals surface area contributed by atoms with Crippen LogP contribution in [-0.4, -0.2) is 16.8 Å². The number of rotatable bonds is 4. The Morgan fingerprint density at radius 2 is 1.72 bits per heavy atom. The molecule has 1 aliphatic rings. The minimum Gasteiger partial charge on any atom is -0.322 e. The zero-order chi connectivity index (χ0) is 17.8. The van der Waals surface area contributed by atoms with E-state index in [9.17, 15) is 9.59 Å². The number of aromatic nitrogens is 1. The van der Waals surface area contributed by atoms with Crippen molar-refractivity contribution >= 4 is 46.5 Å². The van der Waals surface area contributed by atoms with Gasteiger partial charge in [-0.2, -0.15) is 0 Å². The van der Waals surface area contributed by atoms with Crippen LogP contribution in [0.15, 0.2) is 36.5 Å². The van der Waals surface area contributed by atoms with E-state index in [1.807, 2.05) is 0 Å². The van der Waals surface area contributed by atoms with Gasteiger partial charge in [-0.25, -0.2) is 4.98 Å². The fourth-order valence-corrected chi connectivity index (χ4v) is 3.47. The summed E-state index contributed by atoms with van der Waals surface area (Å²) >= 11 is 12.1. The molecule has 25 heavy (non-hydrogen) atoms. The molecule has 0 atom stereocenters. The standard InChI is InChI=1S/C18H17Cl2N3O2/c19-13-6-3-7-14(20)16(13)18(25)22-12-8-9-21-15(10-12)23-17(24)11-4-1-2-5-11/h3,6-11H,1-2,4-5H2,(H2,21,22,23,24,25). The first-order chi connectivity index (χ1) is 12.0. The number of halogens is 2. The van der Waals surface area contributed by atoms with Crippen LogP contribution >= 0.6 is 23.2 Å². The lowest BCUT2D eigenvalue weighted by atomic mass is 10.1. The van der Waals surface area contributed by atoms with Crippen molar-refractivity contribution in [1.29, 1.82) is 0 Å². The highest BCUT2D eigenvalue weighted by atomic mass is 35.5. The summed E-state index contributed by atoms with van der Waals surface area (Å²) in [6.07, 6.45) is 5.51. The van der Waals surface area contributed by atoms with E-state index in [0.29, 0.717) is 11.5 Å². The molecule has 2 amide bonds. The Morgan fingerprint density at radius 1 is 1.04 bits per heavy atom. The number of pyridine rings is 1. The summed E-state index contributed by atoms with van der Waals surface area (Å²) in [5.41, 5.74) is 0.705. The number of hydrogen-bond donors (Lipinski definition) is 2. The number of carbonyl (C=O) groups is 2. The Kier molecular flexibility index (Phi) is 5.56. The predicted octanol–water partition coefficient (Wildman–Crippen LogP) is 4.77. The van der Waals surface area contributed by atoms with Crippen LogP contribution < -0.4 is 10.6 Å². The van der Waals surface area contributed by atoms with Gasteiger partial charge in [0.1, 0.15) is 5.82 Å². The first kappa shape index (κ1) is 17.7. The highest BCUT2D eigenvalue weighted by Gasteiger charge is 2.23. The lowest BCUT2D eigenvalue weighted by Crippen LogP contribution is -2.21. The second kappa shape index (κ2) is 7.85. The topological polar surface area (TPSA) is 71.1 Å². The maximum atomic E-state index is 12.4. The molecule has 1 aromatic heterocycles. The van der Waals surface area contributed by atoms with Crippen LogP contribution in [0.5, 0.6) is 0 Å². The van der Waals surface area contributed by atoms with Gasteiger partial charge in [-0.05, 0) is 31.0 Å². The zero-order valence-electron chi connectivity index (χ0n) is 13.4. The number of carbonyl (C=O) groups excluding carboxylic acids is 2. The molecule has 7 heteroatoms. The zero-order valence-corrected chi connectivity index (χ0v) is 14.9. The maximum absolute atomic E-state index is 12.4. The van der Waals surface area contributed by atoms with Gasteiger partial charge in [0.15, 0.2) is 0 Å². The van der Waals surface area contributed by atoms with Crippen molar-refractivity contribution in [1.82, 2.24) is 4.98 Å². The Bertz CT molecular complexity index is 784. The van der Waals surface area contributed by atoms with Gasteiger partial charge in [0.25, 0.3) is 5.91 Å². The fraction of sp³-hybridized carbons (Fsp3) is 0.278. The van der Waals surface area contributed by atoms with Crippen molar-refractivity contribution in [2.75, 3.05) is 10.6 Å². The summed E-state index contributed by atoms with van der Waals surface area (Å²) in [5.74, 6) is -0.000529. The Labute approximate surface area is 155 Å². The smallest absolute Gasteiger partial charge is 0.258 e. The molecule has 3 rings (SSSR count). The Hall–Kier alpha value is -2.11. The largest absolute Gasteiger partial charge is 0.322 e. The lowest BCUT2D eigenvalue weighted by molar-refractivity contribution is -0.119. The summed E-state index contributed by atoms with van der Waals surface area (Å²) in [4.78, 5) is 28.7. The highest BCUT2D eigenvalue weighted by molar-refractivity contribution is 6.40. The molecule has 0 bridgehead atoms. The highest BCUT2D eigenvalue weighted by Crippen LogP contribution is 2.27. The van der Waals surface area contributed by atoms with Gasteiger partial charge < -0.3 is 10.6 Å². The monoisotopic (exact) mass is 377 g/mol. The average Bonchev–Trinajstić information content (AvgIpc) is 3.09. The molecular weight excluding hydrogens is 361 g/mol. The van der Waals surface area contributed by atoms with Crippen molar-refractivity contribution in [2.45, 2.75) is 25.7 Å². The average molecular weight is 378 g/mol. The molecule has 2 N–H and O–H groups in total. The molecular formula is C18H17Cl2N3O2. The Morgan fingerprint density at radius 3 is 2.40 bits per heavy atom. The second-order valence-corrected chi connectivity index (χ2v) is 6.77. The normalized spacial score (nSPS) is 14.3. The van der Waals surface area contributed by atoms with Gasteiger partial charge >= 0.3 is 0 Å². The first-order valence-electron chi connectivity index (χ1n) is 8.07. The summed E-state index contributed by atoms with van der Waals surface area (Å²) in [6.45, 7) is 0. The van der Waals surface area contributed by atoms with Crippen LogP contribution in [0.4, 0.5) is 11.5 Å². The van der Waals surface area contributed by atoms with Gasteiger partial charge in [-0.15, -0.1) is 0 Å². The summed E-state index contributed by atoms with van der Waals surface area (Å²) in [6, 6.07) is 8.11. The predicted molar refractivity (Wildman–Crippen MR) is 99.2 cm³/mol. The van der Waals surface area contributed by atoms with Crippen molar-refractivity contribution in [2.24, 2.45) is 5.92 Å². The second-order valence-electron chi connectivity index (χ2n) is 5.95. The third-order valence-corrected chi connectivity index (χ3v) is 4.81. The minimum absolute atomic E-state index is 0.0253. The first-order valence-corrected chi connectivity index (χ1v) is 8.82. The molecule has 1 aliphatic carbocycles.